The van der Waals surface area contributed by atoms with Crippen molar-refractivity contribution < 1.29 is 20.4 Å². The molecule has 0 amide bonds. The van der Waals surface area contributed by atoms with E-state index >= 15 is 0 Å². The maximum atomic E-state index is 8.88. The molecule has 0 saturated heterocycles. The largest absolute Gasteiger partial charge is 0.396 e. The first-order valence-electron chi connectivity index (χ1n) is 8.99. The van der Waals surface area contributed by atoms with E-state index in [1.165, 1.54) is 0 Å². The normalized spacial score (nSPS) is 16.4. The average molecular weight is 321 g/mol. The predicted octanol–water partition coefficient (Wildman–Crippen LogP) is 2.83. The molecule has 0 aliphatic carbocycles. The van der Waals surface area contributed by atoms with Gasteiger partial charge in [-0.3, -0.25) is 0 Å². The molecule has 4 N–H and O–H groups in total. The number of hydrogen-bond donors (Lipinski definition) is 4. The van der Waals surface area contributed by atoms with Crippen LogP contribution in [0.3, 0.4) is 0 Å². The predicted molar refractivity (Wildman–Crippen MR) is 92.7 cm³/mol. The first-order valence-corrected chi connectivity index (χ1v) is 8.99. The van der Waals surface area contributed by atoms with E-state index in [1.807, 2.05) is 0 Å². The Bertz CT molecular complexity index is 153. The summed E-state index contributed by atoms with van der Waals surface area (Å²) in [6, 6.07) is 0. The second-order valence-corrected chi connectivity index (χ2v) is 6.30. The molecule has 0 spiro atoms. The number of rotatable bonds is 12. The summed E-state index contributed by atoms with van der Waals surface area (Å²) in [7, 11) is 0. The fourth-order valence-corrected chi connectivity index (χ4v) is 2.42. The minimum atomic E-state index is 0.257. The maximum Gasteiger partial charge on any atom is 0.0459 e. The van der Waals surface area contributed by atoms with Gasteiger partial charge in [-0.15, -0.1) is 0 Å². The molecule has 4 atom stereocenters. The van der Waals surface area contributed by atoms with Crippen molar-refractivity contribution in [3.63, 3.8) is 0 Å². The van der Waals surface area contributed by atoms with Gasteiger partial charge in [0.1, 0.15) is 0 Å². The quantitative estimate of drug-likeness (QED) is 0.446. The van der Waals surface area contributed by atoms with Gasteiger partial charge in [0, 0.05) is 26.4 Å². The fraction of sp³-hybridized carbons (Fsp3) is 1.00. The summed E-state index contributed by atoms with van der Waals surface area (Å²) >= 11 is 0. The van der Waals surface area contributed by atoms with E-state index in [2.05, 4.69) is 27.7 Å². The Balaban J connectivity index is 0. The second kappa shape index (κ2) is 17.2. The molecule has 0 aromatic carbocycles. The molecule has 4 unspecified atom stereocenters. The first kappa shape index (κ1) is 24.1. The lowest BCUT2D eigenvalue weighted by Crippen LogP contribution is -2.14. The highest BCUT2D eigenvalue weighted by Crippen LogP contribution is 2.18. The van der Waals surface area contributed by atoms with Gasteiger partial charge in [-0.05, 0) is 36.5 Å². The Labute approximate surface area is 137 Å². The standard InChI is InChI=1S/2C9H20O2/c2*1-3-8(6-10)5-9(4-2)7-11/h2*8-11H,3-7H2,1-2H3. The van der Waals surface area contributed by atoms with Crippen LogP contribution >= 0.6 is 0 Å². The van der Waals surface area contributed by atoms with Crippen molar-refractivity contribution in [2.45, 2.75) is 66.2 Å². The topological polar surface area (TPSA) is 80.9 Å². The van der Waals surface area contributed by atoms with Gasteiger partial charge in [-0.2, -0.15) is 0 Å². The summed E-state index contributed by atoms with van der Waals surface area (Å²) in [6.45, 7) is 9.33. The van der Waals surface area contributed by atoms with E-state index in [0.29, 0.717) is 23.7 Å². The Morgan fingerprint density at radius 1 is 0.455 bits per heavy atom. The Morgan fingerprint density at radius 2 is 0.636 bits per heavy atom. The molecule has 22 heavy (non-hydrogen) atoms. The summed E-state index contributed by atoms with van der Waals surface area (Å²) in [5, 5.41) is 35.5. The third kappa shape index (κ3) is 12.4. The van der Waals surface area contributed by atoms with Crippen LogP contribution in [0.1, 0.15) is 66.2 Å². The summed E-state index contributed by atoms with van der Waals surface area (Å²) in [4.78, 5) is 0. The summed E-state index contributed by atoms with van der Waals surface area (Å²) < 4.78 is 0. The molecule has 4 heteroatoms. The minimum absolute atomic E-state index is 0.257. The van der Waals surface area contributed by atoms with E-state index in [-0.39, 0.29) is 26.4 Å². The van der Waals surface area contributed by atoms with Crippen molar-refractivity contribution in [2.75, 3.05) is 26.4 Å². The monoisotopic (exact) mass is 320 g/mol. The zero-order chi connectivity index (χ0) is 17.4. The number of aliphatic hydroxyl groups is 4. The maximum absolute atomic E-state index is 8.88. The molecular formula is C18H40O4. The highest BCUT2D eigenvalue weighted by atomic mass is 16.3. The molecule has 0 aliphatic heterocycles. The molecule has 4 nitrogen and oxygen atoms in total. The highest BCUT2D eigenvalue weighted by molar-refractivity contribution is 4.63. The molecule has 0 bridgehead atoms. The molecular weight excluding hydrogens is 280 g/mol. The SMILES string of the molecule is CCC(CO)CC(CC)CO.CCC(CO)CC(CC)CO. The van der Waals surface area contributed by atoms with Gasteiger partial charge < -0.3 is 20.4 Å². The second-order valence-electron chi connectivity index (χ2n) is 6.30. The van der Waals surface area contributed by atoms with Crippen LogP contribution in [-0.4, -0.2) is 46.9 Å². The molecule has 0 radical (unpaired) electrons. The zero-order valence-electron chi connectivity index (χ0n) is 15.2. The van der Waals surface area contributed by atoms with Crippen LogP contribution in [0.2, 0.25) is 0 Å². The molecule has 0 rings (SSSR count). The van der Waals surface area contributed by atoms with Crippen molar-refractivity contribution in [2.24, 2.45) is 23.7 Å². The van der Waals surface area contributed by atoms with E-state index in [1.54, 1.807) is 0 Å². The minimum Gasteiger partial charge on any atom is -0.396 e. The lowest BCUT2D eigenvalue weighted by atomic mass is 9.92. The van der Waals surface area contributed by atoms with Crippen molar-refractivity contribution >= 4 is 0 Å². The fourth-order valence-electron chi connectivity index (χ4n) is 2.42. The van der Waals surface area contributed by atoms with Crippen molar-refractivity contribution in [1.82, 2.24) is 0 Å². The Morgan fingerprint density at radius 3 is 0.727 bits per heavy atom. The summed E-state index contributed by atoms with van der Waals surface area (Å²) in [5.41, 5.74) is 0. The highest BCUT2D eigenvalue weighted by Gasteiger charge is 2.12. The van der Waals surface area contributed by atoms with Crippen LogP contribution in [0.25, 0.3) is 0 Å². The van der Waals surface area contributed by atoms with Crippen molar-refractivity contribution in [3.8, 4) is 0 Å². The van der Waals surface area contributed by atoms with Crippen LogP contribution < -0.4 is 0 Å². The lowest BCUT2D eigenvalue weighted by molar-refractivity contribution is 0.155. The van der Waals surface area contributed by atoms with Crippen LogP contribution in [0.4, 0.5) is 0 Å². The first-order chi connectivity index (χ1) is 10.6. The van der Waals surface area contributed by atoms with Crippen molar-refractivity contribution in [1.29, 1.82) is 0 Å². The van der Waals surface area contributed by atoms with Gasteiger partial charge in [0.05, 0.1) is 0 Å². The molecule has 0 saturated carbocycles. The lowest BCUT2D eigenvalue weighted by Gasteiger charge is -2.17. The van der Waals surface area contributed by atoms with Gasteiger partial charge in [0.25, 0.3) is 0 Å². The van der Waals surface area contributed by atoms with Crippen LogP contribution in [0.5, 0.6) is 0 Å². The van der Waals surface area contributed by atoms with E-state index < -0.39 is 0 Å². The molecule has 0 fully saturated rings. The van der Waals surface area contributed by atoms with E-state index in [9.17, 15) is 0 Å². The van der Waals surface area contributed by atoms with Crippen molar-refractivity contribution in [3.05, 3.63) is 0 Å². The smallest absolute Gasteiger partial charge is 0.0459 e. The average Bonchev–Trinajstić information content (AvgIpc) is 2.58. The zero-order valence-corrected chi connectivity index (χ0v) is 15.2. The third-order valence-electron chi connectivity index (χ3n) is 4.68. The van der Waals surface area contributed by atoms with Gasteiger partial charge in [-0.25, -0.2) is 0 Å². The summed E-state index contributed by atoms with van der Waals surface area (Å²) in [6.07, 6.45) is 5.94. The Hall–Kier alpha value is -0.160. The van der Waals surface area contributed by atoms with E-state index in [4.69, 9.17) is 20.4 Å². The van der Waals surface area contributed by atoms with E-state index in [0.717, 1.165) is 38.5 Å². The molecule has 0 heterocycles. The molecule has 0 aromatic rings. The molecule has 136 valence electrons. The van der Waals surface area contributed by atoms with Crippen LogP contribution in [-0.2, 0) is 0 Å². The van der Waals surface area contributed by atoms with Gasteiger partial charge in [0.15, 0.2) is 0 Å². The molecule has 0 aliphatic rings. The number of aliphatic hydroxyl groups excluding tert-OH is 4. The van der Waals surface area contributed by atoms with Gasteiger partial charge >= 0.3 is 0 Å². The van der Waals surface area contributed by atoms with Crippen LogP contribution in [0, 0.1) is 23.7 Å². The number of hydrogen-bond acceptors (Lipinski definition) is 4. The van der Waals surface area contributed by atoms with Gasteiger partial charge in [-0.1, -0.05) is 53.4 Å². The Kier molecular flexibility index (Phi) is 18.8. The molecule has 0 aromatic heterocycles. The third-order valence-corrected chi connectivity index (χ3v) is 4.68. The van der Waals surface area contributed by atoms with Crippen LogP contribution in [0.15, 0.2) is 0 Å². The summed E-state index contributed by atoms with van der Waals surface area (Å²) in [5.74, 6) is 1.53. The van der Waals surface area contributed by atoms with Gasteiger partial charge in [0.2, 0.25) is 0 Å².